The summed E-state index contributed by atoms with van der Waals surface area (Å²) in [5, 5.41) is 13.7. The highest BCUT2D eigenvalue weighted by atomic mass is 32.2. The quantitative estimate of drug-likeness (QED) is 0.407. The molecule has 8 nitrogen and oxygen atoms in total. The number of hydrogen-bond acceptors (Lipinski definition) is 6. The Morgan fingerprint density at radius 1 is 1.71 bits per heavy atom. The maximum absolute atomic E-state index is 11.7. The molecule has 2 amide bonds. The topological polar surface area (TPSA) is 111 Å². The third-order valence-electron chi connectivity index (χ3n) is 2.17. The lowest BCUT2D eigenvalue weighted by Gasteiger charge is -2.22. The Bertz CT molecular complexity index is 346. The van der Waals surface area contributed by atoms with Crippen LogP contribution >= 0.6 is 11.8 Å². The molecule has 9 heteroatoms. The van der Waals surface area contributed by atoms with E-state index in [0.717, 1.165) is 11.8 Å². The fourth-order valence-corrected chi connectivity index (χ4v) is 2.34. The van der Waals surface area contributed by atoms with Crippen molar-refractivity contribution in [2.75, 3.05) is 13.2 Å². The van der Waals surface area contributed by atoms with Crippen molar-refractivity contribution in [3.8, 4) is 0 Å². The molecular weight excluding hydrogens is 250 g/mol. The zero-order valence-corrected chi connectivity index (χ0v) is 10.2. The van der Waals surface area contributed by atoms with Gasteiger partial charge < -0.3 is 15.5 Å². The second kappa shape index (κ2) is 5.21. The van der Waals surface area contributed by atoms with Crippen LogP contribution in [0.2, 0.25) is 0 Å². The summed E-state index contributed by atoms with van der Waals surface area (Å²) in [7, 11) is 0. The first kappa shape index (κ1) is 13.6. The van der Waals surface area contributed by atoms with Gasteiger partial charge in [0, 0.05) is 11.3 Å². The number of rotatable bonds is 5. The summed E-state index contributed by atoms with van der Waals surface area (Å²) < 4.78 is -0.537. The van der Waals surface area contributed by atoms with E-state index in [1.54, 1.807) is 13.8 Å². The normalized spacial score (nSPS) is 21.8. The van der Waals surface area contributed by atoms with Gasteiger partial charge in [-0.3, -0.25) is 9.59 Å². The molecule has 0 saturated carbocycles. The Morgan fingerprint density at radius 2 is 2.35 bits per heavy atom. The van der Waals surface area contributed by atoms with E-state index >= 15 is 0 Å². The molecule has 0 radical (unpaired) electrons. The summed E-state index contributed by atoms with van der Waals surface area (Å²) >= 11 is 1.05. The van der Waals surface area contributed by atoms with Gasteiger partial charge in [0.25, 0.3) is 10.3 Å². The molecule has 1 saturated heterocycles. The first-order chi connectivity index (χ1) is 7.83. The van der Waals surface area contributed by atoms with Crippen molar-refractivity contribution < 1.29 is 19.5 Å². The molecule has 1 aliphatic heterocycles. The van der Waals surface area contributed by atoms with Gasteiger partial charge >= 0.3 is 0 Å². The second-order valence-corrected chi connectivity index (χ2v) is 5.55. The van der Waals surface area contributed by atoms with E-state index in [-0.39, 0.29) is 24.3 Å². The summed E-state index contributed by atoms with van der Waals surface area (Å²) in [6.07, 6.45) is 0. The SMILES string of the molecule is CC1(C)SC(=O)NC1C(=O)NCCO[N+](=O)[O-]. The number of nitrogens with zero attached hydrogens (tertiary/aromatic N) is 1. The summed E-state index contributed by atoms with van der Waals surface area (Å²) in [5.74, 6) is -0.375. The van der Waals surface area contributed by atoms with E-state index in [0.29, 0.717) is 0 Å². The lowest BCUT2D eigenvalue weighted by molar-refractivity contribution is -0.757. The average Bonchev–Trinajstić information content (AvgIpc) is 2.46. The van der Waals surface area contributed by atoms with Crippen molar-refractivity contribution in [3.63, 3.8) is 0 Å². The van der Waals surface area contributed by atoms with Crippen LogP contribution < -0.4 is 10.6 Å². The summed E-state index contributed by atoms with van der Waals surface area (Å²) in [6.45, 7) is 3.35. The Balaban J connectivity index is 2.38. The van der Waals surface area contributed by atoms with Crippen molar-refractivity contribution >= 4 is 22.9 Å². The number of carbonyl (C=O) groups excluding carboxylic acids is 2. The third kappa shape index (κ3) is 3.77. The fraction of sp³-hybridized carbons (Fsp3) is 0.750. The van der Waals surface area contributed by atoms with Crippen LogP contribution in [0.25, 0.3) is 0 Å². The van der Waals surface area contributed by atoms with E-state index in [1.807, 2.05) is 0 Å². The Hall–Kier alpha value is -1.51. The maximum Gasteiger partial charge on any atom is 0.294 e. The van der Waals surface area contributed by atoms with Gasteiger partial charge in [-0.1, -0.05) is 11.8 Å². The molecule has 2 N–H and O–H groups in total. The molecule has 1 heterocycles. The minimum Gasteiger partial charge on any atom is -0.352 e. The van der Waals surface area contributed by atoms with Crippen molar-refractivity contribution in [1.82, 2.24) is 10.6 Å². The van der Waals surface area contributed by atoms with E-state index in [2.05, 4.69) is 15.5 Å². The molecule has 0 aromatic rings. The molecule has 0 aromatic heterocycles. The van der Waals surface area contributed by atoms with Gasteiger partial charge in [-0.2, -0.15) is 0 Å². The van der Waals surface area contributed by atoms with Gasteiger partial charge in [0.15, 0.2) is 0 Å². The third-order valence-corrected chi connectivity index (χ3v) is 3.24. The molecule has 17 heavy (non-hydrogen) atoms. The molecule has 1 unspecified atom stereocenters. The van der Waals surface area contributed by atoms with Crippen molar-refractivity contribution in [1.29, 1.82) is 0 Å². The first-order valence-electron chi connectivity index (χ1n) is 4.87. The smallest absolute Gasteiger partial charge is 0.294 e. The van der Waals surface area contributed by atoms with E-state index in [9.17, 15) is 19.7 Å². The molecule has 1 fully saturated rings. The summed E-state index contributed by atoms with van der Waals surface area (Å²) in [4.78, 5) is 36.7. The molecular formula is C8H13N3O5S. The molecule has 0 aromatic carbocycles. The minimum absolute atomic E-state index is 0.0208. The zero-order chi connectivity index (χ0) is 13.1. The number of amides is 2. The van der Waals surface area contributed by atoms with Crippen molar-refractivity contribution in [2.45, 2.75) is 24.6 Å². The van der Waals surface area contributed by atoms with Gasteiger partial charge in [0.2, 0.25) is 5.91 Å². The predicted molar refractivity (Wildman–Crippen MR) is 59.9 cm³/mol. The van der Waals surface area contributed by atoms with E-state index in [1.165, 1.54) is 0 Å². The first-order valence-corrected chi connectivity index (χ1v) is 5.69. The number of carbonyl (C=O) groups is 2. The van der Waals surface area contributed by atoms with Gasteiger partial charge in [-0.25, -0.2) is 0 Å². The number of thioether (sulfide) groups is 1. The molecule has 0 spiro atoms. The molecule has 96 valence electrons. The Morgan fingerprint density at radius 3 is 2.82 bits per heavy atom. The van der Waals surface area contributed by atoms with Crippen molar-refractivity contribution in [2.24, 2.45) is 0 Å². The highest BCUT2D eigenvalue weighted by Crippen LogP contribution is 2.34. The van der Waals surface area contributed by atoms with Crippen LogP contribution in [0.15, 0.2) is 0 Å². The molecule has 1 rings (SSSR count). The lowest BCUT2D eigenvalue weighted by atomic mass is 10.0. The monoisotopic (exact) mass is 263 g/mol. The van der Waals surface area contributed by atoms with Crippen LogP contribution in [0.1, 0.15) is 13.8 Å². The van der Waals surface area contributed by atoms with Crippen LogP contribution in [0, 0.1) is 10.1 Å². The molecule has 0 bridgehead atoms. The van der Waals surface area contributed by atoms with Crippen LogP contribution in [0.4, 0.5) is 4.79 Å². The summed E-state index contributed by atoms with van der Waals surface area (Å²) in [5.41, 5.74) is 0. The molecule has 0 aliphatic carbocycles. The number of nitrogens with one attached hydrogen (secondary N) is 2. The van der Waals surface area contributed by atoms with Crippen LogP contribution in [-0.4, -0.2) is 40.2 Å². The molecule has 1 atom stereocenters. The highest BCUT2D eigenvalue weighted by molar-refractivity contribution is 8.15. The summed E-state index contributed by atoms with van der Waals surface area (Å²) in [6, 6.07) is -0.643. The molecule has 1 aliphatic rings. The second-order valence-electron chi connectivity index (χ2n) is 3.92. The van der Waals surface area contributed by atoms with Crippen molar-refractivity contribution in [3.05, 3.63) is 10.1 Å². The van der Waals surface area contributed by atoms with E-state index in [4.69, 9.17) is 0 Å². The average molecular weight is 263 g/mol. The zero-order valence-electron chi connectivity index (χ0n) is 9.39. The van der Waals surface area contributed by atoms with Crippen LogP contribution in [-0.2, 0) is 9.63 Å². The van der Waals surface area contributed by atoms with Gasteiger partial charge in [0.05, 0.1) is 0 Å². The van der Waals surface area contributed by atoms with Gasteiger partial charge in [0.1, 0.15) is 12.6 Å². The predicted octanol–water partition coefficient (Wildman–Crippen LogP) is -0.0855. The van der Waals surface area contributed by atoms with Gasteiger partial charge in [-0.05, 0) is 13.8 Å². The van der Waals surface area contributed by atoms with Crippen LogP contribution in [0.3, 0.4) is 0 Å². The van der Waals surface area contributed by atoms with Crippen LogP contribution in [0.5, 0.6) is 0 Å². The highest BCUT2D eigenvalue weighted by Gasteiger charge is 2.44. The lowest BCUT2D eigenvalue weighted by Crippen LogP contribution is -2.50. The maximum atomic E-state index is 11.7. The standard InChI is InChI=1S/C8H13N3O5S/c1-8(2)5(10-7(13)17-8)6(12)9-3-4-16-11(14)15/h5H,3-4H2,1-2H3,(H,9,12)(H,10,13). The Labute approximate surface area is 102 Å². The van der Waals surface area contributed by atoms with E-state index < -0.39 is 15.9 Å². The van der Waals surface area contributed by atoms with Gasteiger partial charge in [-0.15, -0.1) is 10.1 Å². The minimum atomic E-state index is -0.927. The Kier molecular flexibility index (Phi) is 4.16. The fourth-order valence-electron chi connectivity index (χ4n) is 1.40. The number of hydrogen-bond donors (Lipinski definition) is 2. The largest absolute Gasteiger partial charge is 0.352 e.